The van der Waals surface area contributed by atoms with Crippen LogP contribution in [0.25, 0.3) is 123 Å². The van der Waals surface area contributed by atoms with E-state index >= 15 is 0 Å². The van der Waals surface area contributed by atoms with Crippen LogP contribution in [0.3, 0.4) is 0 Å². The van der Waals surface area contributed by atoms with E-state index in [1.807, 2.05) is 19.9 Å². The van der Waals surface area contributed by atoms with Gasteiger partial charge in [0.25, 0.3) is 0 Å². The van der Waals surface area contributed by atoms with Crippen molar-refractivity contribution in [2.45, 2.75) is 20.1 Å². The van der Waals surface area contributed by atoms with Gasteiger partial charge in [0.2, 0.25) is 17.3 Å². The van der Waals surface area contributed by atoms with Gasteiger partial charge in [-0.15, -0.1) is 0 Å². The Morgan fingerprint density at radius 1 is 0.367 bits per heavy atom. The SMILES string of the molecule is CC.c1ccc2c(c1)NC1N2c2cc(-n3c4ccccc4n4c5ccccc5nc34)ccc2N1c1cccc2c1oc1cccc(-n3c4ccc(-n5c6ccccc6n6c7ccccc7nc56)cc4n4c5ccccc5nc34)c12. The second-order valence-corrected chi connectivity index (χ2v) is 20.2. The fraction of sp³-hybridized carbons (Fsp3) is 0.0455. The molecule has 17 aromatic rings. The number of aromatic nitrogens is 9. The van der Waals surface area contributed by atoms with Gasteiger partial charge in [0.1, 0.15) is 5.58 Å². The Morgan fingerprint density at radius 3 is 1.51 bits per heavy atom. The molecule has 374 valence electrons. The molecule has 0 fully saturated rings. The average molecular weight is 1020 g/mol. The monoisotopic (exact) mass is 1020 g/mol. The van der Waals surface area contributed by atoms with Crippen LogP contribution in [-0.4, -0.2) is 48.1 Å². The van der Waals surface area contributed by atoms with Gasteiger partial charge in [0.05, 0.1) is 117 Å². The summed E-state index contributed by atoms with van der Waals surface area (Å²) in [6.07, 6.45) is -0.273. The molecule has 13 nitrogen and oxygen atoms in total. The lowest BCUT2D eigenvalue weighted by molar-refractivity contribution is 0.665. The summed E-state index contributed by atoms with van der Waals surface area (Å²) in [7, 11) is 0. The molecule has 79 heavy (non-hydrogen) atoms. The third-order valence-corrected chi connectivity index (χ3v) is 16.3. The van der Waals surface area contributed by atoms with Crippen molar-refractivity contribution in [1.29, 1.82) is 0 Å². The standard InChI is InChI=1S/C64H38N12O.C2H6/c1-5-20-44-40(16-1)65-61-69(48-24-9-11-26-50(48)71(44)61)37-31-33-52-56(35-37)73-46-22-7-3-18-42(46)67-63(73)75(52)54-28-14-30-58-59(54)39-15-13-29-55(60(39)77-58)76-53-34-32-38(36-57(53)74-47-23-8-4-19-43(47)68-64(74)76)70-49-25-10-12-27-51(49)72-45-21-6-2-17-41(45)66-62(70)72;1-2/h1-36,64,68H;1-2H3. The molecule has 0 spiro atoms. The molecule has 0 saturated heterocycles. The largest absolute Gasteiger partial charge is 0.454 e. The van der Waals surface area contributed by atoms with E-state index < -0.39 is 0 Å². The molecule has 2 aliphatic rings. The van der Waals surface area contributed by atoms with Crippen molar-refractivity contribution < 1.29 is 4.42 Å². The van der Waals surface area contributed by atoms with Gasteiger partial charge in [-0.2, -0.15) is 0 Å². The molecular weight excluding hydrogens is 977 g/mol. The normalized spacial score (nSPS) is 14.1. The third kappa shape index (κ3) is 5.44. The minimum atomic E-state index is -0.273. The number of rotatable bonds is 4. The number of nitrogens with zero attached hydrogens (tertiary/aromatic N) is 11. The maximum absolute atomic E-state index is 7.18. The van der Waals surface area contributed by atoms with Gasteiger partial charge >= 0.3 is 0 Å². The first-order chi connectivity index (χ1) is 39.2. The predicted molar refractivity (Wildman–Crippen MR) is 319 cm³/mol. The van der Waals surface area contributed by atoms with Crippen molar-refractivity contribution >= 4 is 134 Å². The van der Waals surface area contributed by atoms with Gasteiger partial charge in [0.15, 0.2) is 11.9 Å². The topological polar surface area (TPSA) is 98.3 Å². The Bertz CT molecular complexity index is 5450. The number of furan rings is 1. The molecule has 7 aromatic heterocycles. The van der Waals surface area contributed by atoms with Gasteiger partial charge in [-0.05, 0) is 127 Å². The summed E-state index contributed by atoms with van der Waals surface area (Å²) in [6, 6.07) is 77.3. The van der Waals surface area contributed by atoms with E-state index in [0.717, 1.165) is 151 Å². The van der Waals surface area contributed by atoms with Crippen molar-refractivity contribution in [2.24, 2.45) is 0 Å². The molecule has 1 N–H and O–H groups in total. The van der Waals surface area contributed by atoms with E-state index in [1.54, 1.807) is 0 Å². The first kappa shape index (κ1) is 42.4. The van der Waals surface area contributed by atoms with Crippen LogP contribution in [-0.2, 0) is 0 Å². The Labute approximate surface area is 448 Å². The van der Waals surface area contributed by atoms with E-state index in [-0.39, 0.29) is 6.29 Å². The highest BCUT2D eigenvalue weighted by Gasteiger charge is 2.44. The lowest BCUT2D eigenvalue weighted by Crippen LogP contribution is -2.40. The molecular formula is C66H44N12O. The molecule has 0 amide bonds. The summed E-state index contributed by atoms with van der Waals surface area (Å²) < 4.78 is 20.9. The van der Waals surface area contributed by atoms with Crippen molar-refractivity contribution in [1.82, 2.24) is 41.9 Å². The molecule has 9 heterocycles. The second-order valence-electron chi connectivity index (χ2n) is 20.2. The first-order valence-electron chi connectivity index (χ1n) is 26.9. The molecule has 0 bridgehead atoms. The van der Waals surface area contributed by atoms with Crippen LogP contribution < -0.4 is 15.1 Å². The minimum absolute atomic E-state index is 0.273. The highest BCUT2D eigenvalue weighted by atomic mass is 16.3. The Kier molecular flexibility index (Phi) is 8.29. The summed E-state index contributed by atoms with van der Waals surface area (Å²) in [6.45, 7) is 4.00. The summed E-state index contributed by atoms with van der Waals surface area (Å²) in [5, 5.41) is 5.93. The number of nitrogens with one attached hydrogen (secondary N) is 1. The van der Waals surface area contributed by atoms with Gasteiger partial charge < -0.3 is 9.73 Å². The summed E-state index contributed by atoms with van der Waals surface area (Å²) in [4.78, 5) is 20.6. The molecule has 19 rings (SSSR count). The maximum atomic E-state index is 7.18. The quantitative estimate of drug-likeness (QED) is 0.187. The van der Waals surface area contributed by atoms with E-state index in [4.69, 9.17) is 19.4 Å². The molecule has 0 radical (unpaired) electrons. The maximum Gasteiger partial charge on any atom is 0.220 e. The predicted octanol–water partition coefficient (Wildman–Crippen LogP) is 15.8. The zero-order valence-electron chi connectivity index (χ0n) is 42.7. The highest BCUT2D eigenvalue weighted by Crippen LogP contribution is 2.55. The fourth-order valence-corrected chi connectivity index (χ4v) is 13.2. The molecule has 2 aliphatic heterocycles. The van der Waals surface area contributed by atoms with Crippen molar-refractivity contribution in [3.05, 3.63) is 218 Å². The van der Waals surface area contributed by atoms with Crippen LogP contribution in [0.1, 0.15) is 13.8 Å². The van der Waals surface area contributed by atoms with Gasteiger partial charge in [-0.1, -0.05) is 105 Å². The highest BCUT2D eigenvalue weighted by molar-refractivity contribution is 6.15. The summed E-state index contributed by atoms with van der Waals surface area (Å²) in [5.41, 5.74) is 22.3. The van der Waals surface area contributed by atoms with E-state index in [9.17, 15) is 0 Å². The van der Waals surface area contributed by atoms with Crippen LogP contribution >= 0.6 is 0 Å². The fourth-order valence-electron chi connectivity index (χ4n) is 13.2. The van der Waals surface area contributed by atoms with Crippen LogP contribution in [0.2, 0.25) is 0 Å². The second kappa shape index (κ2) is 15.4. The number of fused-ring (bicyclic) bond motifs is 23. The smallest absolute Gasteiger partial charge is 0.220 e. The van der Waals surface area contributed by atoms with E-state index in [1.165, 1.54) is 0 Å². The molecule has 1 unspecified atom stereocenters. The number of benzene rings is 10. The van der Waals surface area contributed by atoms with Crippen molar-refractivity contribution in [3.63, 3.8) is 0 Å². The Hall–Kier alpha value is -10.8. The van der Waals surface area contributed by atoms with Gasteiger partial charge in [-0.25, -0.2) is 15.0 Å². The zero-order chi connectivity index (χ0) is 51.8. The summed E-state index contributed by atoms with van der Waals surface area (Å²) in [5.74, 6) is 2.55. The van der Waals surface area contributed by atoms with Gasteiger partial charge in [0, 0.05) is 5.39 Å². The number of hydrogen-bond acceptors (Lipinski definition) is 7. The average Bonchev–Trinajstić information content (AvgIpc) is 4.52. The van der Waals surface area contributed by atoms with Crippen LogP contribution in [0.4, 0.5) is 28.4 Å². The van der Waals surface area contributed by atoms with Crippen molar-refractivity contribution in [3.8, 4) is 17.1 Å². The number of hydrogen-bond donors (Lipinski definition) is 1. The van der Waals surface area contributed by atoms with Crippen LogP contribution in [0.5, 0.6) is 0 Å². The molecule has 0 aliphatic carbocycles. The molecule has 1 atom stereocenters. The summed E-state index contributed by atoms with van der Waals surface area (Å²) >= 11 is 0. The zero-order valence-corrected chi connectivity index (χ0v) is 42.7. The lowest BCUT2D eigenvalue weighted by atomic mass is 10.1. The number of anilines is 5. The van der Waals surface area contributed by atoms with E-state index in [0.29, 0.717) is 0 Å². The lowest BCUT2D eigenvalue weighted by Gasteiger charge is -2.27. The number of para-hydroxylation sites is 13. The van der Waals surface area contributed by atoms with Gasteiger partial charge in [-0.3, -0.25) is 36.7 Å². The molecule has 0 saturated carbocycles. The Morgan fingerprint density at radius 2 is 0.848 bits per heavy atom. The van der Waals surface area contributed by atoms with Crippen LogP contribution in [0, 0.1) is 0 Å². The molecule has 13 heteroatoms. The third-order valence-electron chi connectivity index (χ3n) is 16.3. The van der Waals surface area contributed by atoms with Crippen molar-refractivity contribution in [2.75, 3.05) is 15.1 Å². The Balaban J connectivity index is 0.00000240. The minimum Gasteiger partial charge on any atom is -0.454 e. The number of imidazole rings is 6. The van der Waals surface area contributed by atoms with Crippen LogP contribution in [0.15, 0.2) is 223 Å². The van der Waals surface area contributed by atoms with E-state index in [2.05, 4.69) is 254 Å². The first-order valence-corrected chi connectivity index (χ1v) is 26.9. The molecule has 10 aromatic carbocycles.